The van der Waals surface area contributed by atoms with E-state index in [1.807, 2.05) is 19.9 Å². The fourth-order valence-corrected chi connectivity index (χ4v) is 2.00. The van der Waals surface area contributed by atoms with Crippen molar-refractivity contribution in [3.05, 3.63) is 51.9 Å². The number of hydrogen-bond donors (Lipinski definition) is 1. The van der Waals surface area contributed by atoms with Crippen molar-refractivity contribution in [2.75, 3.05) is 5.32 Å². The summed E-state index contributed by atoms with van der Waals surface area (Å²) in [7, 11) is 0. The predicted octanol–water partition coefficient (Wildman–Crippen LogP) is 4.11. The van der Waals surface area contributed by atoms with Crippen LogP contribution in [0.3, 0.4) is 0 Å². The molecule has 96 valence electrons. The average molecular weight is 276 g/mol. The largest absolute Gasteiger partial charge is 0.338 e. The van der Waals surface area contributed by atoms with Crippen LogP contribution >= 0.6 is 11.6 Å². The van der Waals surface area contributed by atoms with E-state index in [2.05, 4.69) is 16.4 Å². The minimum atomic E-state index is -0.413. The second-order valence-electron chi connectivity index (χ2n) is 4.17. The molecule has 1 aromatic carbocycles. The van der Waals surface area contributed by atoms with E-state index in [-0.39, 0.29) is 5.02 Å². The van der Waals surface area contributed by atoms with Gasteiger partial charge in [-0.25, -0.2) is 9.37 Å². The molecule has 0 aliphatic rings. The van der Waals surface area contributed by atoms with Gasteiger partial charge in [-0.15, -0.1) is 0 Å². The van der Waals surface area contributed by atoms with Gasteiger partial charge in [0.1, 0.15) is 17.7 Å². The summed E-state index contributed by atoms with van der Waals surface area (Å²) in [6.45, 7) is 3.68. The van der Waals surface area contributed by atoms with Crippen LogP contribution in [0.2, 0.25) is 5.02 Å². The molecule has 0 spiro atoms. The number of pyridine rings is 1. The van der Waals surface area contributed by atoms with Crippen LogP contribution in [0, 0.1) is 31.0 Å². The molecule has 1 N–H and O–H groups in total. The molecule has 2 rings (SSSR count). The van der Waals surface area contributed by atoms with E-state index in [0.29, 0.717) is 17.1 Å². The molecule has 0 amide bonds. The maximum Gasteiger partial charge on any atom is 0.148 e. The highest BCUT2D eigenvalue weighted by molar-refractivity contribution is 6.33. The van der Waals surface area contributed by atoms with Crippen LogP contribution in [-0.2, 0) is 0 Å². The zero-order chi connectivity index (χ0) is 14.0. The quantitative estimate of drug-likeness (QED) is 0.897. The molecule has 0 saturated carbocycles. The molecule has 0 aliphatic heterocycles. The Hall–Kier alpha value is -2.12. The Morgan fingerprint density at radius 1 is 1.32 bits per heavy atom. The van der Waals surface area contributed by atoms with Crippen molar-refractivity contribution in [3.63, 3.8) is 0 Å². The molecule has 0 bridgehead atoms. The first kappa shape index (κ1) is 13.3. The fraction of sp³-hybridized carbons (Fsp3) is 0.143. The van der Waals surface area contributed by atoms with E-state index >= 15 is 0 Å². The summed E-state index contributed by atoms with van der Waals surface area (Å²) >= 11 is 5.94. The minimum Gasteiger partial charge on any atom is -0.338 e. The monoisotopic (exact) mass is 275 g/mol. The molecular weight excluding hydrogens is 265 g/mol. The fourth-order valence-electron chi connectivity index (χ4n) is 1.79. The summed E-state index contributed by atoms with van der Waals surface area (Å²) in [5.41, 5.74) is 2.58. The number of benzene rings is 1. The lowest BCUT2D eigenvalue weighted by Gasteiger charge is -2.11. The van der Waals surface area contributed by atoms with Gasteiger partial charge in [-0.2, -0.15) is 5.26 Å². The smallest absolute Gasteiger partial charge is 0.148 e. The number of aryl methyl sites for hydroxylation is 2. The van der Waals surface area contributed by atoms with Gasteiger partial charge in [0.2, 0.25) is 0 Å². The van der Waals surface area contributed by atoms with Crippen molar-refractivity contribution in [2.24, 2.45) is 0 Å². The van der Waals surface area contributed by atoms with E-state index in [4.69, 9.17) is 16.9 Å². The van der Waals surface area contributed by atoms with E-state index in [1.165, 1.54) is 18.2 Å². The molecule has 0 unspecified atom stereocenters. The van der Waals surface area contributed by atoms with Crippen molar-refractivity contribution in [3.8, 4) is 6.07 Å². The highest BCUT2D eigenvalue weighted by atomic mass is 35.5. The molecule has 0 radical (unpaired) electrons. The van der Waals surface area contributed by atoms with Gasteiger partial charge in [0.05, 0.1) is 16.3 Å². The van der Waals surface area contributed by atoms with E-state index in [9.17, 15) is 4.39 Å². The maximum absolute atomic E-state index is 13.0. The first-order valence-electron chi connectivity index (χ1n) is 5.61. The van der Waals surface area contributed by atoms with Crippen LogP contribution in [0.25, 0.3) is 0 Å². The number of halogens is 2. The highest BCUT2D eigenvalue weighted by Gasteiger charge is 2.10. The van der Waals surface area contributed by atoms with Crippen molar-refractivity contribution in [1.29, 1.82) is 5.26 Å². The normalized spacial score (nSPS) is 10.1. The summed E-state index contributed by atoms with van der Waals surface area (Å²) in [4.78, 5) is 4.28. The summed E-state index contributed by atoms with van der Waals surface area (Å²) in [5.74, 6) is 0.0120. The lowest BCUT2D eigenvalue weighted by molar-refractivity contribution is 0.628. The second-order valence-corrected chi connectivity index (χ2v) is 4.57. The van der Waals surface area contributed by atoms with Crippen molar-refractivity contribution in [1.82, 2.24) is 4.98 Å². The molecule has 2 aromatic rings. The molecule has 19 heavy (non-hydrogen) atoms. The SMILES string of the molecule is Cc1cc(C)c(C#N)c(Nc2ccc(F)cc2Cl)n1. The number of nitrogens with one attached hydrogen (secondary N) is 1. The Morgan fingerprint density at radius 3 is 2.68 bits per heavy atom. The summed E-state index contributed by atoms with van der Waals surface area (Å²) in [6.07, 6.45) is 0. The average Bonchev–Trinajstić information content (AvgIpc) is 2.32. The number of aromatic nitrogens is 1. The maximum atomic E-state index is 13.0. The first-order chi connectivity index (χ1) is 9.01. The van der Waals surface area contributed by atoms with Gasteiger partial charge in [-0.1, -0.05) is 11.6 Å². The summed E-state index contributed by atoms with van der Waals surface area (Å²) in [5, 5.41) is 12.4. The number of nitriles is 1. The van der Waals surface area contributed by atoms with Crippen LogP contribution in [0.4, 0.5) is 15.9 Å². The van der Waals surface area contributed by atoms with E-state index in [1.54, 1.807) is 0 Å². The zero-order valence-corrected chi connectivity index (χ0v) is 11.2. The van der Waals surface area contributed by atoms with Gasteiger partial charge in [0, 0.05) is 5.69 Å². The van der Waals surface area contributed by atoms with Crippen LogP contribution in [0.1, 0.15) is 16.8 Å². The molecule has 0 atom stereocenters. The number of nitrogens with zero attached hydrogens (tertiary/aromatic N) is 2. The van der Waals surface area contributed by atoms with Crippen molar-refractivity contribution >= 4 is 23.1 Å². The highest BCUT2D eigenvalue weighted by Crippen LogP contribution is 2.27. The number of hydrogen-bond acceptors (Lipinski definition) is 3. The number of rotatable bonds is 2. The molecule has 5 heteroatoms. The van der Waals surface area contributed by atoms with Gasteiger partial charge < -0.3 is 5.32 Å². The number of anilines is 2. The summed E-state index contributed by atoms with van der Waals surface area (Å²) < 4.78 is 13.0. The Morgan fingerprint density at radius 2 is 2.05 bits per heavy atom. The van der Waals surface area contributed by atoms with Gasteiger partial charge in [-0.3, -0.25) is 0 Å². The predicted molar refractivity (Wildman–Crippen MR) is 73.1 cm³/mol. The third kappa shape index (κ3) is 2.83. The molecule has 0 fully saturated rings. The van der Waals surface area contributed by atoms with Gasteiger partial charge >= 0.3 is 0 Å². The topological polar surface area (TPSA) is 48.7 Å². The third-order valence-corrected chi connectivity index (χ3v) is 2.95. The van der Waals surface area contributed by atoms with Crippen LogP contribution < -0.4 is 5.32 Å². The molecule has 3 nitrogen and oxygen atoms in total. The lowest BCUT2D eigenvalue weighted by Crippen LogP contribution is -2.01. The summed E-state index contributed by atoms with van der Waals surface area (Å²) in [6, 6.07) is 7.94. The Kier molecular flexibility index (Phi) is 3.68. The molecule has 0 saturated heterocycles. The van der Waals surface area contributed by atoms with Crippen molar-refractivity contribution in [2.45, 2.75) is 13.8 Å². The zero-order valence-electron chi connectivity index (χ0n) is 10.5. The Labute approximate surface area is 115 Å². The molecule has 1 heterocycles. The van der Waals surface area contributed by atoms with Gasteiger partial charge in [0.15, 0.2) is 0 Å². The molecule has 0 aliphatic carbocycles. The first-order valence-corrected chi connectivity index (χ1v) is 5.99. The minimum absolute atomic E-state index is 0.241. The second kappa shape index (κ2) is 5.25. The van der Waals surface area contributed by atoms with Crippen LogP contribution in [-0.4, -0.2) is 4.98 Å². The van der Waals surface area contributed by atoms with Crippen LogP contribution in [0.15, 0.2) is 24.3 Å². The van der Waals surface area contributed by atoms with E-state index in [0.717, 1.165) is 11.3 Å². The van der Waals surface area contributed by atoms with Crippen LogP contribution in [0.5, 0.6) is 0 Å². The molecular formula is C14H11ClFN3. The molecule has 1 aromatic heterocycles. The van der Waals surface area contributed by atoms with Crippen molar-refractivity contribution < 1.29 is 4.39 Å². The Balaban J connectivity index is 2.46. The van der Waals surface area contributed by atoms with Gasteiger partial charge in [0.25, 0.3) is 0 Å². The lowest BCUT2D eigenvalue weighted by atomic mass is 10.1. The standard InChI is InChI=1S/C14H11ClFN3/c1-8-5-9(2)18-14(11(8)7-17)19-13-4-3-10(16)6-12(13)15/h3-6H,1-2H3,(H,18,19). The third-order valence-electron chi connectivity index (χ3n) is 2.64. The Bertz CT molecular complexity index is 677. The van der Waals surface area contributed by atoms with Gasteiger partial charge in [-0.05, 0) is 43.7 Å². The van der Waals surface area contributed by atoms with E-state index < -0.39 is 5.82 Å².